The van der Waals surface area contributed by atoms with Gasteiger partial charge in [0.25, 0.3) is 5.91 Å². The van der Waals surface area contributed by atoms with Crippen molar-refractivity contribution in [1.82, 2.24) is 14.9 Å². The van der Waals surface area contributed by atoms with E-state index in [-0.39, 0.29) is 18.3 Å². The number of carbonyl (C=O) groups is 1. The largest absolute Gasteiger partial charge is 0.363 e. The molecule has 4 aromatic rings. The van der Waals surface area contributed by atoms with Gasteiger partial charge in [0.15, 0.2) is 12.1 Å². The highest BCUT2D eigenvalue weighted by atomic mass is 19.1. The number of aromatic amines is 1. The van der Waals surface area contributed by atoms with Crippen LogP contribution in [-0.2, 0) is 12.3 Å². The number of rotatable bonds is 3. The molecule has 2 N–H and O–H groups in total. The van der Waals surface area contributed by atoms with Crippen LogP contribution >= 0.6 is 0 Å². The number of imidazole rings is 1. The van der Waals surface area contributed by atoms with Crippen molar-refractivity contribution >= 4 is 16.9 Å². The van der Waals surface area contributed by atoms with Gasteiger partial charge in [0.2, 0.25) is 0 Å². The van der Waals surface area contributed by atoms with Gasteiger partial charge in [0, 0.05) is 23.2 Å². The molecule has 1 aliphatic heterocycles. The van der Waals surface area contributed by atoms with E-state index in [2.05, 4.69) is 16.3 Å². The van der Waals surface area contributed by atoms with Crippen molar-refractivity contribution in [3.63, 3.8) is 0 Å². The topological polar surface area (TPSA) is 69.2 Å². The highest BCUT2D eigenvalue weighted by molar-refractivity contribution is 6.00. The minimum atomic E-state index is -1.65. The summed E-state index contributed by atoms with van der Waals surface area (Å²) in [5.41, 5.74) is 2.00. The van der Waals surface area contributed by atoms with Crippen molar-refractivity contribution in [2.24, 2.45) is 0 Å². The van der Waals surface area contributed by atoms with E-state index in [0.29, 0.717) is 22.2 Å². The van der Waals surface area contributed by atoms with Crippen molar-refractivity contribution in [2.45, 2.75) is 12.3 Å². The van der Waals surface area contributed by atoms with Crippen molar-refractivity contribution in [2.75, 3.05) is 0 Å². The molecule has 5 nitrogen and oxygen atoms in total. The van der Waals surface area contributed by atoms with Crippen LogP contribution in [0.2, 0.25) is 0 Å². The fraction of sp³-hybridized carbons (Fsp3) is 0.0909. The van der Waals surface area contributed by atoms with Crippen molar-refractivity contribution < 1.29 is 14.3 Å². The average Bonchev–Trinajstić information content (AvgIpc) is 3.27. The Hall–Kier alpha value is -3.51. The van der Waals surface area contributed by atoms with Gasteiger partial charge in [0.05, 0.1) is 11.0 Å². The van der Waals surface area contributed by atoms with Crippen LogP contribution in [0.4, 0.5) is 4.39 Å². The fourth-order valence-corrected chi connectivity index (χ4v) is 3.78. The summed E-state index contributed by atoms with van der Waals surface area (Å²) in [6, 6.07) is 18.2. The number of halogens is 1. The molecule has 0 saturated carbocycles. The number of nitrogens with zero attached hydrogens (tertiary/aromatic N) is 2. The Morgan fingerprint density at radius 3 is 2.71 bits per heavy atom. The van der Waals surface area contributed by atoms with Crippen molar-refractivity contribution in [1.29, 1.82) is 0 Å². The molecule has 0 fully saturated rings. The summed E-state index contributed by atoms with van der Waals surface area (Å²) in [5, 5.41) is 11.8. The number of benzene rings is 3. The molecule has 3 aromatic carbocycles. The number of hydrogen-bond acceptors (Lipinski definition) is 3. The molecule has 1 atom stereocenters. The molecule has 0 bridgehead atoms. The molecular formula is C22H15FN3O2. The Kier molecular flexibility index (Phi) is 3.57. The maximum absolute atomic E-state index is 13.3. The second-order valence-electron chi connectivity index (χ2n) is 6.82. The molecule has 137 valence electrons. The number of hydrogen-bond donors (Lipinski definition) is 2. The molecule has 0 spiro atoms. The van der Waals surface area contributed by atoms with Crippen LogP contribution < -0.4 is 0 Å². The molecular weight excluding hydrogens is 357 g/mol. The van der Waals surface area contributed by atoms with Gasteiger partial charge >= 0.3 is 0 Å². The van der Waals surface area contributed by atoms with Gasteiger partial charge in [-0.05, 0) is 35.9 Å². The van der Waals surface area contributed by atoms with Gasteiger partial charge in [-0.2, -0.15) is 0 Å². The van der Waals surface area contributed by atoms with Crippen LogP contribution in [0.1, 0.15) is 27.0 Å². The minimum Gasteiger partial charge on any atom is -0.363 e. The molecule has 2 heterocycles. The quantitative estimate of drug-likeness (QED) is 0.579. The van der Waals surface area contributed by atoms with E-state index in [9.17, 15) is 14.3 Å². The Bertz CT molecular complexity index is 1200. The van der Waals surface area contributed by atoms with Gasteiger partial charge in [0.1, 0.15) is 5.82 Å². The lowest BCUT2D eigenvalue weighted by Crippen LogP contribution is -2.44. The smallest absolute Gasteiger partial charge is 0.257 e. The maximum atomic E-state index is 13.3. The Balaban J connectivity index is 1.67. The Morgan fingerprint density at radius 1 is 1.11 bits per heavy atom. The summed E-state index contributed by atoms with van der Waals surface area (Å²) in [7, 11) is 0. The first-order chi connectivity index (χ1) is 13.6. The van der Waals surface area contributed by atoms with E-state index >= 15 is 0 Å². The predicted octanol–water partition coefficient (Wildman–Crippen LogP) is 3.35. The number of aliphatic hydroxyl groups is 1. The van der Waals surface area contributed by atoms with Crippen LogP contribution in [0, 0.1) is 12.1 Å². The molecule has 1 unspecified atom stereocenters. The first-order valence-corrected chi connectivity index (χ1v) is 8.82. The lowest BCUT2D eigenvalue weighted by Gasteiger charge is -2.35. The number of H-pyrrole nitrogens is 1. The zero-order valence-electron chi connectivity index (χ0n) is 14.7. The summed E-state index contributed by atoms with van der Waals surface area (Å²) in [4.78, 5) is 21.5. The van der Waals surface area contributed by atoms with Gasteiger partial charge in [-0.25, -0.2) is 9.37 Å². The Labute approximate surface area is 160 Å². The molecule has 28 heavy (non-hydrogen) atoms. The second kappa shape index (κ2) is 6.00. The van der Waals surface area contributed by atoms with Gasteiger partial charge in [-0.15, -0.1) is 0 Å². The SMILES string of the molecule is O=C1c2ccccc2C(O)(c2ccc3n[c][nH]c3c2)N1Cc1ccc(F)cc1. The number of fused-ring (bicyclic) bond motifs is 2. The fourth-order valence-electron chi connectivity index (χ4n) is 3.78. The summed E-state index contributed by atoms with van der Waals surface area (Å²) in [6.45, 7) is 0.136. The van der Waals surface area contributed by atoms with Gasteiger partial charge in [-0.3, -0.25) is 9.69 Å². The number of aromatic nitrogens is 2. The molecule has 0 aliphatic carbocycles. The van der Waals surface area contributed by atoms with Crippen LogP contribution in [0.3, 0.4) is 0 Å². The van der Waals surface area contributed by atoms with E-state index in [0.717, 1.165) is 11.1 Å². The van der Waals surface area contributed by atoms with E-state index < -0.39 is 5.72 Å². The van der Waals surface area contributed by atoms with Gasteiger partial charge in [-0.1, -0.05) is 36.4 Å². The molecule has 1 amide bonds. The normalized spacial score (nSPS) is 18.6. The van der Waals surface area contributed by atoms with E-state index in [1.807, 2.05) is 0 Å². The van der Waals surface area contributed by atoms with Crippen LogP contribution in [0.25, 0.3) is 11.0 Å². The second-order valence-corrected chi connectivity index (χ2v) is 6.82. The van der Waals surface area contributed by atoms with E-state index in [1.54, 1.807) is 54.6 Å². The third kappa shape index (κ3) is 2.35. The van der Waals surface area contributed by atoms with Crippen molar-refractivity contribution in [3.05, 3.63) is 101 Å². The standard InChI is InChI=1S/C22H15FN3O2/c23-16-8-5-14(6-9-16)12-26-21(27)17-3-1-2-4-18(17)22(26,28)15-7-10-19-20(11-15)25-13-24-19/h1-11,28H,12H2,(H,24,25). The summed E-state index contributed by atoms with van der Waals surface area (Å²) in [6.07, 6.45) is 2.68. The molecule has 5 rings (SSSR count). The predicted molar refractivity (Wildman–Crippen MR) is 101 cm³/mol. The number of amides is 1. The molecule has 1 aromatic heterocycles. The number of carbonyl (C=O) groups excluding carboxylic acids is 1. The summed E-state index contributed by atoms with van der Waals surface area (Å²) < 4.78 is 13.3. The average molecular weight is 372 g/mol. The van der Waals surface area contributed by atoms with Crippen molar-refractivity contribution in [3.8, 4) is 0 Å². The zero-order chi connectivity index (χ0) is 19.3. The molecule has 1 radical (unpaired) electrons. The van der Waals surface area contributed by atoms with E-state index in [4.69, 9.17) is 0 Å². The van der Waals surface area contributed by atoms with Crippen LogP contribution in [-0.4, -0.2) is 25.9 Å². The Morgan fingerprint density at radius 2 is 1.89 bits per heavy atom. The van der Waals surface area contributed by atoms with E-state index in [1.165, 1.54) is 17.0 Å². The highest BCUT2D eigenvalue weighted by Crippen LogP contribution is 2.43. The maximum Gasteiger partial charge on any atom is 0.257 e. The van der Waals surface area contributed by atoms with Crippen LogP contribution in [0.15, 0.2) is 66.7 Å². The molecule has 1 aliphatic rings. The summed E-state index contributed by atoms with van der Waals surface area (Å²) in [5.74, 6) is -0.630. The lowest BCUT2D eigenvalue weighted by molar-refractivity contribution is -0.0542. The van der Waals surface area contributed by atoms with Crippen LogP contribution in [0.5, 0.6) is 0 Å². The molecule has 0 saturated heterocycles. The first kappa shape index (κ1) is 16.6. The zero-order valence-corrected chi connectivity index (χ0v) is 14.7. The third-order valence-electron chi connectivity index (χ3n) is 5.19. The first-order valence-electron chi connectivity index (χ1n) is 8.82. The lowest BCUT2D eigenvalue weighted by atomic mass is 9.93. The molecule has 6 heteroatoms. The third-order valence-corrected chi connectivity index (χ3v) is 5.19. The number of nitrogens with one attached hydrogen (secondary N) is 1. The summed E-state index contributed by atoms with van der Waals surface area (Å²) >= 11 is 0. The minimum absolute atomic E-state index is 0.136. The monoisotopic (exact) mass is 372 g/mol. The van der Waals surface area contributed by atoms with Gasteiger partial charge < -0.3 is 10.1 Å². The highest BCUT2D eigenvalue weighted by Gasteiger charge is 2.49.